The third kappa shape index (κ3) is 3.75. The van der Waals surface area contributed by atoms with Crippen LogP contribution in [0.15, 0.2) is 24.3 Å². The first-order valence-corrected chi connectivity index (χ1v) is 7.66. The summed E-state index contributed by atoms with van der Waals surface area (Å²) >= 11 is 0. The largest absolute Gasteiger partial charge is 0.478 e. The zero-order valence-electron chi connectivity index (χ0n) is 12.4. The molecule has 1 aromatic carbocycles. The van der Waals surface area contributed by atoms with E-state index in [4.69, 9.17) is 0 Å². The van der Waals surface area contributed by atoms with E-state index in [1.807, 2.05) is 12.1 Å². The van der Waals surface area contributed by atoms with Crippen LogP contribution < -0.4 is 5.32 Å². The summed E-state index contributed by atoms with van der Waals surface area (Å²) in [5.41, 5.74) is 1.13. The molecule has 110 valence electrons. The van der Waals surface area contributed by atoms with Gasteiger partial charge in [0, 0.05) is 11.7 Å². The van der Waals surface area contributed by atoms with Crippen molar-refractivity contribution in [3.63, 3.8) is 0 Å². The van der Waals surface area contributed by atoms with Crippen LogP contribution in [0.3, 0.4) is 0 Å². The van der Waals surface area contributed by atoms with Crippen molar-refractivity contribution in [1.82, 2.24) is 0 Å². The fraction of sp³-hybridized carbons (Fsp3) is 0.588. The van der Waals surface area contributed by atoms with Gasteiger partial charge in [-0.3, -0.25) is 0 Å². The average molecular weight is 275 g/mol. The topological polar surface area (TPSA) is 49.3 Å². The van der Waals surface area contributed by atoms with Crippen LogP contribution in [0.25, 0.3) is 0 Å². The van der Waals surface area contributed by atoms with Crippen molar-refractivity contribution in [2.24, 2.45) is 11.8 Å². The maximum absolute atomic E-state index is 11.2. The van der Waals surface area contributed by atoms with Crippen molar-refractivity contribution in [1.29, 1.82) is 0 Å². The number of carboxylic acids is 1. The van der Waals surface area contributed by atoms with Crippen LogP contribution in [0.5, 0.6) is 0 Å². The Morgan fingerprint density at radius 2 is 1.95 bits per heavy atom. The Hall–Kier alpha value is -1.51. The Bertz CT molecular complexity index is 456. The molecule has 3 heteroatoms. The normalized spacial score (nSPS) is 23.4. The minimum atomic E-state index is -0.859. The van der Waals surface area contributed by atoms with Gasteiger partial charge in [0.25, 0.3) is 0 Å². The van der Waals surface area contributed by atoms with E-state index in [2.05, 4.69) is 19.2 Å². The highest BCUT2D eigenvalue weighted by atomic mass is 16.4. The van der Waals surface area contributed by atoms with Crippen molar-refractivity contribution in [2.45, 2.75) is 52.0 Å². The second kappa shape index (κ2) is 6.78. The second-order valence-electron chi connectivity index (χ2n) is 6.20. The lowest BCUT2D eigenvalue weighted by atomic mass is 9.89. The molecule has 0 aliphatic heterocycles. The molecule has 2 unspecified atom stereocenters. The highest BCUT2D eigenvalue weighted by Gasteiger charge is 2.21. The van der Waals surface area contributed by atoms with Gasteiger partial charge in [-0.15, -0.1) is 0 Å². The molecule has 2 rings (SSSR count). The van der Waals surface area contributed by atoms with E-state index >= 15 is 0 Å². The van der Waals surface area contributed by atoms with Crippen LogP contribution in [0.2, 0.25) is 0 Å². The minimum absolute atomic E-state index is 0.372. The first kappa shape index (κ1) is 14.9. The molecule has 0 radical (unpaired) electrons. The third-order valence-corrected chi connectivity index (χ3v) is 4.47. The minimum Gasteiger partial charge on any atom is -0.478 e. The van der Waals surface area contributed by atoms with Crippen molar-refractivity contribution >= 4 is 11.7 Å². The Labute approximate surface area is 121 Å². The van der Waals surface area contributed by atoms with E-state index in [1.165, 1.54) is 19.3 Å². The average Bonchev–Trinajstić information content (AvgIpc) is 2.65. The van der Waals surface area contributed by atoms with E-state index < -0.39 is 5.97 Å². The molecule has 0 amide bonds. The number of carbonyl (C=O) groups is 1. The molecule has 0 bridgehead atoms. The zero-order valence-corrected chi connectivity index (χ0v) is 12.4. The van der Waals surface area contributed by atoms with Crippen molar-refractivity contribution in [3.8, 4) is 0 Å². The van der Waals surface area contributed by atoms with Crippen molar-refractivity contribution < 1.29 is 9.90 Å². The van der Waals surface area contributed by atoms with Gasteiger partial charge in [-0.2, -0.15) is 0 Å². The summed E-state index contributed by atoms with van der Waals surface area (Å²) in [6, 6.07) is 7.60. The summed E-state index contributed by atoms with van der Waals surface area (Å²) in [5, 5.41) is 12.7. The van der Waals surface area contributed by atoms with Gasteiger partial charge in [0.2, 0.25) is 0 Å². The van der Waals surface area contributed by atoms with Crippen LogP contribution >= 0.6 is 0 Å². The predicted octanol–water partition coefficient (Wildman–Crippen LogP) is 4.40. The van der Waals surface area contributed by atoms with Gasteiger partial charge in [0.1, 0.15) is 0 Å². The first-order valence-electron chi connectivity index (χ1n) is 7.66. The number of carboxylic acid groups (broad SMARTS) is 1. The number of hydrogen-bond acceptors (Lipinski definition) is 2. The lowest BCUT2D eigenvalue weighted by molar-refractivity contribution is 0.0698. The Balaban J connectivity index is 2.02. The molecule has 3 nitrogen and oxygen atoms in total. The van der Waals surface area contributed by atoms with Gasteiger partial charge in [-0.25, -0.2) is 4.79 Å². The number of nitrogens with one attached hydrogen (secondary N) is 1. The number of hydrogen-bond donors (Lipinski definition) is 2. The smallest absolute Gasteiger partial charge is 0.337 e. The van der Waals surface area contributed by atoms with E-state index in [0.717, 1.165) is 30.4 Å². The fourth-order valence-electron chi connectivity index (χ4n) is 3.16. The number of benzene rings is 1. The molecule has 0 aromatic heterocycles. The van der Waals surface area contributed by atoms with E-state index in [9.17, 15) is 9.90 Å². The van der Waals surface area contributed by atoms with Gasteiger partial charge < -0.3 is 10.4 Å². The molecule has 1 aliphatic carbocycles. The SMILES string of the molecule is CC(C)C1CCCC(Nc2ccccc2C(=O)O)CC1. The maximum atomic E-state index is 11.2. The summed E-state index contributed by atoms with van der Waals surface area (Å²) in [4.78, 5) is 11.2. The highest BCUT2D eigenvalue weighted by molar-refractivity contribution is 5.94. The maximum Gasteiger partial charge on any atom is 0.337 e. The lowest BCUT2D eigenvalue weighted by Gasteiger charge is -2.20. The van der Waals surface area contributed by atoms with Crippen LogP contribution in [0.4, 0.5) is 5.69 Å². The lowest BCUT2D eigenvalue weighted by Crippen LogP contribution is -2.20. The van der Waals surface area contributed by atoms with Gasteiger partial charge in [0.15, 0.2) is 0 Å². The summed E-state index contributed by atoms with van der Waals surface area (Å²) in [6.07, 6.45) is 6.05. The molecule has 0 heterocycles. The molecule has 1 aliphatic rings. The van der Waals surface area contributed by atoms with Gasteiger partial charge in [0.05, 0.1) is 5.56 Å². The summed E-state index contributed by atoms with van der Waals surface area (Å²) in [5.74, 6) is 0.707. The fourth-order valence-corrected chi connectivity index (χ4v) is 3.16. The molecule has 0 saturated heterocycles. The van der Waals surface area contributed by atoms with E-state index in [-0.39, 0.29) is 0 Å². The quantitative estimate of drug-likeness (QED) is 0.801. The van der Waals surface area contributed by atoms with E-state index in [1.54, 1.807) is 12.1 Å². The van der Waals surface area contributed by atoms with Crippen LogP contribution in [0, 0.1) is 11.8 Å². The van der Waals surface area contributed by atoms with Gasteiger partial charge in [-0.05, 0) is 43.2 Å². The third-order valence-electron chi connectivity index (χ3n) is 4.47. The molecule has 1 saturated carbocycles. The molecule has 1 fully saturated rings. The summed E-state index contributed by atoms with van der Waals surface area (Å²) in [6.45, 7) is 4.61. The molecule has 1 aromatic rings. The second-order valence-corrected chi connectivity index (χ2v) is 6.20. The summed E-state index contributed by atoms with van der Waals surface area (Å²) in [7, 11) is 0. The van der Waals surface area contributed by atoms with Gasteiger partial charge >= 0.3 is 5.97 Å². The van der Waals surface area contributed by atoms with Crippen LogP contribution in [-0.2, 0) is 0 Å². The van der Waals surface area contributed by atoms with Crippen LogP contribution in [0.1, 0.15) is 56.3 Å². The monoisotopic (exact) mass is 275 g/mol. The predicted molar refractivity (Wildman–Crippen MR) is 82.2 cm³/mol. The van der Waals surface area contributed by atoms with Gasteiger partial charge in [-0.1, -0.05) is 38.8 Å². The Morgan fingerprint density at radius 1 is 1.20 bits per heavy atom. The zero-order chi connectivity index (χ0) is 14.5. The van der Waals surface area contributed by atoms with E-state index in [0.29, 0.717) is 11.6 Å². The molecule has 2 atom stereocenters. The number of aromatic carboxylic acids is 1. The number of rotatable bonds is 4. The molecule has 2 N–H and O–H groups in total. The standard InChI is InChI=1S/C17H25NO2/c1-12(2)13-6-5-7-14(11-10-13)18-16-9-4-3-8-15(16)17(19)20/h3-4,8-9,12-14,18H,5-7,10-11H2,1-2H3,(H,19,20). The Morgan fingerprint density at radius 3 is 2.65 bits per heavy atom. The Kier molecular flexibility index (Phi) is 5.05. The van der Waals surface area contributed by atoms with Crippen molar-refractivity contribution in [2.75, 3.05) is 5.32 Å². The molecule has 20 heavy (non-hydrogen) atoms. The van der Waals surface area contributed by atoms with Crippen molar-refractivity contribution in [3.05, 3.63) is 29.8 Å². The first-order chi connectivity index (χ1) is 9.58. The molecule has 0 spiro atoms. The highest BCUT2D eigenvalue weighted by Crippen LogP contribution is 2.30. The van der Waals surface area contributed by atoms with Crippen LogP contribution in [-0.4, -0.2) is 17.1 Å². The number of anilines is 1. The summed E-state index contributed by atoms with van der Waals surface area (Å²) < 4.78 is 0. The number of para-hydroxylation sites is 1. The molecular formula is C17H25NO2. The molecular weight excluding hydrogens is 250 g/mol.